The minimum Gasteiger partial charge on any atom is -0.351 e. The number of aryl methyl sites for hydroxylation is 1. The molecule has 1 N–H and O–H groups in total. The van der Waals surface area contributed by atoms with Gasteiger partial charge < -0.3 is 5.32 Å². The Bertz CT molecular complexity index is 415. The first-order chi connectivity index (χ1) is 8.56. The molecule has 1 aromatic carbocycles. The number of benzene rings is 1. The van der Waals surface area contributed by atoms with Crippen molar-refractivity contribution >= 4 is 5.91 Å². The summed E-state index contributed by atoms with van der Waals surface area (Å²) in [5.74, 6) is 0.0333. The number of nitrogens with one attached hydrogen (secondary N) is 1. The van der Waals surface area contributed by atoms with Crippen molar-refractivity contribution in [1.29, 1.82) is 0 Å². The van der Waals surface area contributed by atoms with Gasteiger partial charge in [-0.3, -0.25) is 9.69 Å². The second-order valence-electron chi connectivity index (χ2n) is 4.55. The summed E-state index contributed by atoms with van der Waals surface area (Å²) in [6.45, 7) is 8.88. The first-order valence-electron chi connectivity index (χ1n) is 6.19. The lowest BCUT2D eigenvalue weighted by Crippen LogP contribution is -2.42. The molecule has 1 amide bonds. The van der Waals surface area contributed by atoms with Crippen molar-refractivity contribution in [2.24, 2.45) is 0 Å². The van der Waals surface area contributed by atoms with E-state index in [1.807, 2.05) is 31.0 Å². The molecular formula is C15H22N2O. The van der Waals surface area contributed by atoms with Gasteiger partial charge in [0.15, 0.2) is 0 Å². The third kappa shape index (κ3) is 4.00. The molecule has 98 valence electrons. The summed E-state index contributed by atoms with van der Waals surface area (Å²) >= 11 is 0. The smallest absolute Gasteiger partial charge is 0.237 e. The Morgan fingerprint density at radius 2 is 2.17 bits per heavy atom. The number of carbonyl (C=O) groups excluding carboxylic acids is 1. The molecule has 0 aliphatic rings. The third-order valence-corrected chi connectivity index (χ3v) is 3.14. The molecule has 0 spiro atoms. The van der Waals surface area contributed by atoms with Crippen LogP contribution in [0.25, 0.3) is 0 Å². The molecule has 3 nitrogen and oxygen atoms in total. The van der Waals surface area contributed by atoms with E-state index in [1.165, 1.54) is 11.1 Å². The summed E-state index contributed by atoms with van der Waals surface area (Å²) in [6, 6.07) is 8.09. The molecule has 0 fully saturated rings. The van der Waals surface area contributed by atoms with E-state index < -0.39 is 0 Å². The summed E-state index contributed by atoms with van der Waals surface area (Å²) in [6.07, 6.45) is 1.69. The van der Waals surface area contributed by atoms with Gasteiger partial charge in [0.2, 0.25) is 5.91 Å². The lowest BCUT2D eigenvalue weighted by Gasteiger charge is -2.24. The first-order valence-corrected chi connectivity index (χ1v) is 6.19. The fourth-order valence-electron chi connectivity index (χ4n) is 1.71. The molecule has 1 unspecified atom stereocenters. The molecule has 0 aliphatic carbocycles. The molecule has 1 rings (SSSR count). The average Bonchev–Trinajstić information content (AvgIpc) is 2.37. The molecule has 0 aromatic heterocycles. The molecule has 0 heterocycles. The van der Waals surface area contributed by atoms with Crippen LogP contribution in [0.4, 0.5) is 0 Å². The van der Waals surface area contributed by atoms with E-state index in [0.29, 0.717) is 6.54 Å². The Kier molecular flexibility index (Phi) is 5.59. The number of hydrogen-bond acceptors (Lipinski definition) is 2. The maximum Gasteiger partial charge on any atom is 0.237 e. The average molecular weight is 246 g/mol. The van der Waals surface area contributed by atoms with Crippen molar-refractivity contribution < 1.29 is 4.79 Å². The lowest BCUT2D eigenvalue weighted by atomic mass is 10.1. The minimum atomic E-state index is -0.149. The highest BCUT2D eigenvalue weighted by Gasteiger charge is 2.17. The highest BCUT2D eigenvalue weighted by atomic mass is 16.2. The van der Waals surface area contributed by atoms with Crippen molar-refractivity contribution in [3.8, 4) is 0 Å². The molecule has 0 saturated heterocycles. The van der Waals surface area contributed by atoms with Crippen molar-refractivity contribution in [3.05, 3.63) is 48.0 Å². The van der Waals surface area contributed by atoms with Gasteiger partial charge in [0.25, 0.3) is 0 Å². The van der Waals surface area contributed by atoms with E-state index in [0.717, 1.165) is 6.54 Å². The van der Waals surface area contributed by atoms with Gasteiger partial charge in [-0.1, -0.05) is 30.3 Å². The monoisotopic (exact) mass is 246 g/mol. The van der Waals surface area contributed by atoms with Gasteiger partial charge in [0.05, 0.1) is 6.04 Å². The van der Waals surface area contributed by atoms with Gasteiger partial charge in [0.1, 0.15) is 0 Å². The van der Waals surface area contributed by atoms with Crippen LogP contribution in [0, 0.1) is 6.92 Å². The quantitative estimate of drug-likeness (QED) is 0.780. The molecule has 1 aromatic rings. The Balaban J connectivity index is 2.59. The predicted molar refractivity (Wildman–Crippen MR) is 75.3 cm³/mol. The van der Waals surface area contributed by atoms with E-state index >= 15 is 0 Å². The second kappa shape index (κ2) is 6.97. The molecule has 0 radical (unpaired) electrons. The number of carbonyl (C=O) groups is 1. The fraction of sp³-hybridized carbons (Fsp3) is 0.400. The maximum atomic E-state index is 11.8. The van der Waals surface area contributed by atoms with Gasteiger partial charge in [0, 0.05) is 13.1 Å². The van der Waals surface area contributed by atoms with E-state index in [2.05, 4.69) is 31.0 Å². The standard InChI is InChI=1S/C15H22N2O/c1-5-10-16-15(18)13(3)17(4)11-14-9-7-6-8-12(14)2/h5-9,13H,1,10-11H2,2-4H3,(H,16,18). The number of rotatable bonds is 6. The number of likely N-dealkylation sites (N-methyl/N-ethyl adjacent to an activating group) is 1. The highest BCUT2D eigenvalue weighted by molar-refractivity contribution is 5.81. The maximum absolute atomic E-state index is 11.8. The van der Waals surface area contributed by atoms with E-state index in [1.54, 1.807) is 6.08 Å². The van der Waals surface area contributed by atoms with Gasteiger partial charge in [-0.05, 0) is 32.0 Å². The predicted octanol–water partition coefficient (Wildman–Crippen LogP) is 2.12. The Morgan fingerprint density at radius 3 is 2.78 bits per heavy atom. The normalized spacial score (nSPS) is 12.2. The second-order valence-corrected chi connectivity index (χ2v) is 4.55. The van der Waals surface area contributed by atoms with Crippen LogP contribution < -0.4 is 5.32 Å². The first kappa shape index (κ1) is 14.5. The van der Waals surface area contributed by atoms with Crippen molar-refractivity contribution in [2.45, 2.75) is 26.4 Å². The molecule has 0 bridgehead atoms. The number of amides is 1. The summed E-state index contributed by atoms with van der Waals surface area (Å²) in [5.41, 5.74) is 2.51. The molecular weight excluding hydrogens is 224 g/mol. The molecule has 3 heteroatoms. The molecule has 1 atom stereocenters. The summed E-state index contributed by atoms with van der Waals surface area (Å²) in [7, 11) is 1.96. The zero-order chi connectivity index (χ0) is 13.5. The number of hydrogen-bond donors (Lipinski definition) is 1. The molecule has 0 aliphatic heterocycles. The topological polar surface area (TPSA) is 32.3 Å². The zero-order valence-corrected chi connectivity index (χ0v) is 11.4. The highest BCUT2D eigenvalue weighted by Crippen LogP contribution is 2.11. The Labute approximate surface area is 109 Å². The Morgan fingerprint density at radius 1 is 1.50 bits per heavy atom. The molecule has 18 heavy (non-hydrogen) atoms. The third-order valence-electron chi connectivity index (χ3n) is 3.14. The van der Waals surface area contributed by atoms with Crippen LogP contribution in [-0.2, 0) is 11.3 Å². The van der Waals surface area contributed by atoms with Crippen molar-refractivity contribution in [2.75, 3.05) is 13.6 Å². The van der Waals surface area contributed by atoms with Crippen LogP contribution in [0.5, 0.6) is 0 Å². The van der Waals surface area contributed by atoms with Crippen LogP contribution in [-0.4, -0.2) is 30.4 Å². The van der Waals surface area contributed by atoms with Gasteiger partial charge in [-0.15, -0.1) is 6.58 Å². The van der Waals surface area contributed by atoms with Crippen LogP contribution in [0.1, 0.15) is 18.1 Å². The van der Waals surface area contributed by atoms with Gasteiger partial charge in [-0.2, -0.15) is 0 Å². The van der Waals surface area contributed by atoms with Crippen molar-refractivity contribution in [3.63, 3.8) is 0 Å². The summed E-state index contributed by atoms with van der Waals surface area (Å²) in [5, 5.41) is 2.81. The van der Waals surface area contributed by atoms with Gasteiger partial charge >= 0.3 is 0 Å². The molecule has 0 saturated carbocycles. The van der Waals surface area contributed by atoms with Gasteiger partial charge in [-0.25, -0.2) is 0 Å². The van der Waals surface area contributed by atoms with Crippen LogP contribution in [0.3, 0.4) is 0 Å². The lowest BCUT2D eigenvalue weighted by molar-refractivity contribution is -0.125. The van der Waals surface area contributed by atoms with E-state index in [-0.39, 0.29) is 11.9 Å². The SMILES string of the molecule is C=CCNC(=O)C(C)N(C)Cc1ccccc1C. The summed E-state index contributed by atoms with van der Waals surface area (Å²) in [4.78, 5) is 13.9. The minimum absolute atomic E-state index is 0.0333. The van der Waals surface area contributed by atoms with Crippen LogP contribution >= 0.6 is 0 Å². The van der Waals surface area contributed by atoms with E-state index in [4.69, 9.17) is 0 Å². The summed E-state index contributed by atoms with van der Waals surface area (Å²) < 4.78 is 0. The number of nitrogens with zero attached hydrogens (tertiary/aromatic N) is 1. The van der Waals surface area contributed by atoms with Crippen molar-refractivity contribution in [1.82, 2.24) is 10.2 Å². The fourth-order valence-corrected chi connectivity index (χ4v) is 1.71. The van der Waals surface area contributed by atoms with E-state index in [9.17, 15) is 4.79 Å². The largest absolute Gasteiger partial charge is 0.351 e. The Hall–Kier alpha value is -1.61. The van der Waals surface area contributed by atoms with Crippen LogP contribution in [0.15, 0.2) is 36.9 Å². The van der Waals surface area contributed by atoms with Crippen LogP contribution in [0.2, 0.25) is 0 Å². The zero-order valence-electron chi connectivity index (χ0n) is 11.4.